The summed E-state index contributed by atoms with van der Waals surface area (Å²) in [5, 5.41) is 10.5. The Kier molecular flexibility index (Phi) is 3.78. The Morgan fingerprint density at radius 1 is 1.53 bits per heavy atom. The van der Waals surface area contributed by atoms with E-state index in [0.717, 1.165) is 18.4 Å². The van der Waals surface area contributed by atoms with Crippen LogP contribution in [0.4, 0.5) is 0 Å². The molecule has 5 atom stereocenters. The highest BCUT2D eigenvalue weighted by Crippen LogP contribution is 2.52. The van der Waals surface area contributed by atoms with E-state index in [-0.39, 0.29) is 17.8 Å². The summed E-state index contributed by atoms with van der Waals surface area (Å²) in [4.78, 5) is 12.1. The molecular formula is C16H26O3. The lowest BCUT2D eigenvalue weighted by molar-refractivity contribution is -0.161. The van der Waals surface area contributed by atoms with Crippen molar-refractivity contribution in [2.45, 2.75) is 58.7 Å². The van der Waals surface area contributed by atoms with Gasteiger partial charge in [-0.1, -0.05) is 32.9 Å². The zero-order valence-electron chi connectivity index (χ0n) is 12.5. The average Bonchev–Trinajstić information content (AvgIpc) is 2.81. The third-order valence-electron chi connectivity index (χ3n) is 5.24. The number of aliphatic hydroxyl groups excluding tert-OH is 1. The van der Waals surface area contributed by atoms with E-state index in [1.54, 1.807) is 0 Å². The van der Waals surface area contributed by atoms with E-state index < -0.39 is 11.7 Å². The molecule has 1 heterocycles. The van der Waals surface area contributed by atoms with E-state index in [4.69, 9.17) is 4.74 Å². The van der Waals surface area contributed by atoms with Gasteiger partial charge in [-0.15, -0.1) is 0 Å². The number of carbonyl (C=O) groups excluding carboxylic acids is 1. The van der Waals surface area contributed by atoms with Crippen molar-refractivity contribution in [1.82, 2.24) is 0 Å². The second-order valence-corrected chi connectivity index (χ2v) is 6.82. The first-order valence-corrected chi connectivity index (χ1v) is 7.36. The van der Waals surface area contributed by atoms with Crippen LogP contribution in [0.15, 0.2) is 12.2 Å². The summed E-state index contributed by atoms with van der Waals surface area (Å²) in [6.45, 7) is 12.2. The van der Waals surface area contributed by atoms with Crippen molar-refractivity contribution in [3.63, 3.8) is 0 Å². The number of aliphatic hydroxyl groups is 1. The fourth-order valence-corrected chi connectivity index (χ4v) is 3.60. The third-order valence-corrected chi connectivity index (χ3v) is 5.24. The summed E-state index contributed by atoms with van der Waals surface area (Å²) in [5.41, 5.74) is 0.281. The number of hydrogen-bond donors (Lipinski definition) is 1. The van der Waals surface area contributed by atoms with E-state index in [2.05, 4.69) is 27.4 Å². The summed E-state index contributed by atoms with van der Waals surface area (Å²) in [7, 11) is 0. The van der Waals surface area contributed by atoms with Crippen molar-refractivity contribution in [3.05, 3.63) is 12.2 Å². The highest BCUT2D eigenvalue weighted by atomic mass is 16.6. The van der Waals surface area contributed by atoms with Gasteiger partial charge in [-0.3, -0.25) is 4.79 Å². The van der Waals surface area contributed by atoms with Gasteiger partial charge in [-0.2, -0.15) is 0 Å². The molecule has 108 valence electrons. The highest BCUT2D eigenvalue weighted by molar-refractivity contribution is 5.77. The normalized spacial score (nSPS) is 39.3. The molecule has 2 rings (SSSR count). The number of hydrogen-bond acceptors (Lipinski definition) is 3. The van der Waals surface area contributed by atoms with Gasteiger partial charge in [0.15, 0.2) is 0 Å². The lowest BCUT2D eigenvalue weighted by Crippen LogP contribution is -2.45. The van der Waals surface area contributed by atoms with Crippen LogP contribution in [-0.2, 0) is 9.53 Å². The topological polar surface area (TPSA) is 46.5 Å². The lowest BCUT2D eigenvalue weighted by atomic mass is 9.77. The Morgan fingerprint density at radius 3 is 2.74 bits per heavy atom. The van der Waals surface area contributed by atoms with Gasteiger partial charge in [0.25, 0.3) is 0 Å². The van der Waals surface area contributed by atoms with E-state index in [0.29, 0.717) is 18.3 Å². The monoisotopic (exact) mass is 266 g/mol. The smallest absolute Gasteiger partial charge is 0.310 e. The molecule has 0 aromatic rings. The molecule has 0 amide bonds. The molecule has 1 aliphatic carbocycles. The number of fused-ring (bicyclic) bond motifs is 1. The predicted octanol–water partition coefficient (Wildman–Crippen LogP) is 2.93. The van der Waals surface area contributed by atoms with Gasteiger partial charge in [0.05, 0.1) is 12.0 Å². The van der Waals surface area contributed by atoms with Crippen LogP contribution in [0.5, 0.6) is 0 Å². The quantitative estimate of drug-likeness (QED) is 0.628. The molecule has 1 aliphatic heterocycles. The van der Waals surface area contributed by atoms with Crippen molar-refractivity contribution < 1.29 is 14.6 Å². The molecule has 0 unspecified atom stereocenters. The second-order valence-electron chi connectivity index (χ2n) is 6.82. The Balaban J connectivity index is 2.14. The van der Waals surface area contributed by atoms with Crippen molar-refractivity contribution >= 4 is 5.97 Å². The van der Waals surface area contributed by atoms with Gasteiger partial charge in [-0.05, 0) is 38.0 Å². The molecule has 1 saturated heterocycles. The maximum atomic E-state index is 12.1. The Bertz CT molecular complexity index is 387. The van der Waals surface area contributed by atoms with Gasteiger partial charge >= 0.3 is 5.97 Å². The maximum absolute atomic E-state index is 12.1. The van der Waals surface area contributed by atoms with Gasteiger partial charge in [0.1, 0.15) is 5.60 Å². The number of carbonyl (C=O) groups is 1. The third kappa shape index (κ3) is 2.33. The highest BCUT2D eigenvalue weighted by Gasteiger charge is 2.59. The number of rotatable bonds is 4. The van der Waals surface area contributed by atoms with Crippen LogP contribution in [0.2, 0.25) is 0 Å². The van der Waals surface area contributed by atoms with Crippen LogP contribution in [0.3, 0.4) is 0 Å². The minimum atomic E-state index is -0.732. The Labute approximate surface area is 116 Å². The minimum absolute atomic E-state index is 0.0213. The predicted molar refractivity (Wildman–Crippen MR) is 74.5 cm³/mol. The zero-order chi connectivity index (χ0) is 14.4. The van der Waals surface area contributed by atoms with Gasteiger partial charge < -0.3 is 9.84 Å². The summed E-state index contributed by atoms with van der Waals surface area (Å²) in [5.74, 6) is 0.733. The second kappa shape index (κ2) is 4.93. The van der Waals surface area contributed by atoms with E-state index in [1.165, 1.54) is 0 Å². The molecular weight excluding hydrogens is 240 g/mol. The van der Waals surface area contributed by atoms with Gasteiger partial charge in [-0.25, -0.2) is 0 Å². The van der Waals surface area contributed by atoms with Crippen LogP contribution in [0.25, 0.3) is 0 Å². The molecule has 0 spiro atoms. The minimum Gasteiger partial charge on any atom is -0.456 e. The van der Waals surface area contributed by atoms with Crippen LogP contribution < -0.4 is 0 Å². The van der Waals surface area contributed by atoms with Crippen LogP contribution >= 0.6 is 0 Å². The van der Waals surface area contributed by atoms with Crippen LogP contribution in [0, 0.1) is 23.7 Å². The average molecular weight is 266 g/mol. The fraction of sp³-hybridized carbons (Fsp3) is 0.812. The van der Waals surface area contributed by atoms with E-state index in [9.17, 15) is 9.90 Å². The Hall–Kier alpha value is -0.830. The SMILES string of the molecule is C=C(C[C@@H](O)[C@@]1(C)OC(=O)[C@H]2[C@H](C)CC[C@H]21)C(C)C. The first kappa shape index (κ1) is 14.6. The van der Waals surface area contributed by atoms with Crippen molar-refractivity contribution in [3.8, 4) is 0 Å². The molecule has 2 fully saturated rings. The molecule has 0 bridgehead atoms. The standard InChI is InChI=1S/C16H26O3/c1-9(2)11(4)8-13(17)16(5)12-7-6-10(3)14(12)15(18)19-16/h9-10,12-14,17H,4,6-8H2,1-3,5H3/t10-,12-,13-,14+,16+/m1/s1. The molecule has 3 heteroatoms. The van der Waals surface area contributed by atoms with E-state index in [1.807, 2.05) is 6.92 Å². The Morgan fingerprint density at radius 2 is 2.16 bits per heavy atom. The molecule has 3 nitrogen and oxygen atoms in total. The molecule has 0 aromatic heterocycles. The van der Waals surface area contributed by atoms with Crippen molar-refractivity contribution in [2.24, 2.45) is 23.7 Å². The summed E-state index contributed by atoms with van der Waals surface area (Å²) < 4.78 is 5.60. The largest absolute Gasteiger partial charge is 0.456 e. The van der Waals surface area contributed by atoms with Crippen molar-refractivity contribution in [1.29, 1.82) is 0 Å². The number of cyclic esters (lactones) is 1. The van der Waals surface area contributed by atoms with Crippen LogP contribution in [-0.4, -0.2) is 22.8 Å². The molecule has 0 radical (unpaired) electrons. The number of ether oxygens (including phenoxy) is 1. The number of esters is 1. The molecule has 0 aromatic carbocycles. The van der Waals surface area contributed by atoms with Crippen molar-refractivity contribution in [2.75, 3.05) is 0 Å². The molecule has 19 heavy (non-hydrogen) atoms. The molecule has 1 N–H and O–H groups in total. The maximum Gasteiger partial charge on any atom is 0.310 e. The van der Waals surface area contributed by atoms with Gasteiger partial charge in [0, 0.05) is 5.92 Å². The first-order chi connectivity index (χ1) is 8.77. The summed E-state index contributed by atoms with van der Waals surface area (Å²) >= 11 is 0. The summed E-state index contributed by atoms with van der Waals surface area (Å²) in [6.07, 6.45) is 1.89. The zero-order valence-corrected chi connectivity index (χ0v) is 12.5. The summed E-state index contributed by atoms with van der Waals surface area (Å²) in [6, 6.07) is 0. The molecule has 2 aliphatic rings. The first-order valence-electron chi connectivity index (χ1n) is 7.36. The van der Waals surface area contributed by atoms with E-state index >= 15 is 0 Å². The molecule has 1 saturated carbocycles. The fourth-order valence-electron chi connectivity index (χ4n) is 3.60. The van der Waals surface area contributed by atoms with Crippen LogP contribution in [0.1, 0.15) is 47.0 Å². The van der Waals surface area contributed by atoms with Gasteiger partial charge in [0.2, 0.25) is 0 Å². The lowest BCUT2D eigenvalue weighted by Gasteiger charge is -2.34.